The minimum absolute atomic E-state index is 0. The highest BCUT2D eigenvalue weighted by Crippen LogP contribution is 2.30. The van der Waals surface area contributed by atoms with Crippen LogP contribution in [-0.2, 0) is 9.59 Å². The summed E-state index contributed by atoms with van der Waals surface area (Å²) in [6, 6.07) is 3.05. The Morgan fingerprint density at radius 3 is 1.27 bits per heavy atom. The van der Waals surface area contributed by atoms with E-state index in [1.165, 1.54) is 5.01 Å². The highest BCUT2D eigenvalue weighted by molar-refractivity contribution is 5.86. The van der Waals surface area contributed by atoms with E-state index in [0.29, 0.717) is 64.7 Å². The molecule has 230 valence electrons. The van der Waals surface area contributed by atoms with Crippen molar-refractivity contribution in [2.24, 2.45) is 16.7 Å². The third kappa shape index (κ3) is 11.0. The van der Waals surface area contributed by atoms with E-state index >= 15 is 0 Å². The van der Waals surface area contributed by atoms with Gasteiger partial charge >= 0.3 is 0 Å². The summed E-state index contributed by atoms with van der Waals surface area (Å²) in [5.41, 5.74) is -2.45. The topological polar surface area (TPSA) is 142 Å². The van der Waals surface area contributed by atoms with Gasteiger partial charge in [0.1, 0.15) is 23.2 Å². The van der Waals surface area contributed by atoms with Gasteiger partial charge in [-0.3, -0.25) is 15.4 Å². The van der Waals surface area contributed by atoms with Crippen molar-refractivity contribution >= 4 is 36.6 Å². The van der Waals surface area contributed by atoms with Crippen molar-refractivity contribution < 1.29 is 9.59 Å². The van der Waals surface area contributed by atoms with Crippen molar-refractivity contribution in [3.63, 3.8) is 0 Å². The molecule has 0 radical (unpaired) electrons. The third-order valence-corrected chi connectivity index (χ3v) is 7.77. The van der Waals surface area contributed by atoms with Gasteiger partial charge in [0.15, 0.2) is 0 Å². The van der Waals surface area contributed by atoms with E-state index < -0.39 is 23.2 Å². The Kier molecular flexibility index (Phi) is 14.4. The Hall–Kier alpha value is -1.66. The SMILES string of the molecule is CN1CCC(C#N)(NC(=O)C(CC(C)(C)C)N(N)C(CC(C)(C)C)C(=O)NC2(C#N)CCN(C)CC2)CC1.Cl.Cl. The van der Waals surface area contributed by atoms with Gasteiger partial charge in [-0.2, -0.15) is 10.5 Å². The van der Waals surface area contributed by atoms with E-state index in [1.807, 2.05) is 55.6 Å². The second-order valence-corrected chi connectivity index (χ2v) is 14.0. The number of carbonyl (C=O) groups excluding carboxylic acids is 2. The molecule has 2 aliphatic rings. The predicted molar refractivity (Wildman–Crippen MR) is 163 cm³/mol. The van der Waals surface area contributed by atoms with E-state index in [1.54, 1.807) is 0 Å². The second kappa shape index (κ2) is 15.0. The van der Waals surface area contributed by atoms with Crippen LogP contribution in [0.4, 0.5) is 0 Å². The highest BCUT2D eigenvalue weighted by Gasteiger charge is 2.44. The standard InChI is InChI=1S/C28H50N8O2.2ClH/c1-25(2,3)17-21(23(37)32-27(19-29)9-13-34(7)14-10-27)36(31)22(18-26(4,5)6)24(38)33-28(20-30)11-15-35(8)16-12-28;;/h21-22H,9-18,31H2,1-8H3,(H,32,37)(H,33,38);2*1H. The number of hydrogen-bond acceptors (Lipinski definition) is 8. The molecule has 2 aliphatic heterocycles. The lowest BCUT2D eigenvalue weighted by molar-refractivity contribution is -0.137. The molecule has 2 atom stereocenters. The van der Waals surface area contributed by atoms with Gasteiger partial charge in [-0.1, -0.05) is 41.5 Å². The molecule has 0 aromatic heterocycles. The lowest BCUT2D eigenvalue weighted by atomic mass is 9.83. The van der Waals surface area contributed by atoms with Crippen LogP contribution in [0.5, 0.6) is 0 Å². The summed E-state index contributed by atoms with van der Waals surface area (Å²) in [6.45, 7) is 15.0. The fraction of sp³-hybridized carbons (Fsp3) is 0.857. The Labute approximate surface area is 254 Å². The van der Waals surface area contributed by atoms with Crippen molar-refractivity contribution in [2.75, 3.05) is 40.3 Å². The minimum Gasteiger partial charge on any atom is -0.336 e. The number of nitrogens with zero attached hydrogens (tertiary/aromatic N) is 5. The molecule has 0 aromatic carbocycles. The zero-order chi connectivity index (χ0) is 28.9. The van der Waals surface area contributed by atoms with Gasteiger partial charge in [0, 0.05) is 26.2 Å². The van der Waals surface area contributed by atoms with Crippen LogP contribution in [-0.4, -0.2) is 90.1 Å². The number of hydrazine groups is 1. The number of piperidine rings is 2. The number of nitrogens with two attached hydrogens (primary N) is 1. The van der Waals surface area contributed by atoms with Gasteiger partial charge in [-0.05, 0) is 63.5 Å². The van der Waals surface area contributed by atoms with E-state index in [0.717, 1.165) is 0 Å². The molecule has 0 saturated carbocycles. The van der Waals surface area contributed by atoms with Crippen molar-refractivity contribution in [3.8, 4) is 12.1 Å². The molecule has 0 aliphatic carbocycles. The fourth-order valence-corrected chi connectivity index (χ4v) is 5.21. The molecule has 0 bridgehead atoms. The van der Waals surface area contributed by atoms with E-state index in [2.05, 4.69) is 32.6 Å². The van der Waals surface area contributed by atoms with Crippen LogP contribution in [0.2, 0.25) is 0 Å². The summed E-state index contributed by atoms with van der Waals surface area (Å²) >= 11 is 0. The van der Waals surface area contributed by atoms with E-state index in [-0.39, 0.29) is 47.5 Å². The Morgan fingerprint density at radius 1 is 0.775 bits per heavy atom. The third-order valence-electron chi connectivity index (χ3n) is 7.77. The van der Waals surface area contributed by atoms with E-state index in [4.69, 9.17) is 5.84 Å². The first-order valence-electron chi connectivity index (χ1n) is 13.8. The number of nitriles is 2. The van der Waals surface area contributed by atoms with Crippen LogP contribution in [0.15, 0.2) is 0 Å². The van der Waals surface area contributed by atoms with Gasteiger partial charge in [0.2, 0.25) is 11.8 Å². The van der Waals surface area contributed by atoms with Gasteiger partial charge in [0.25, 0.3) is 0 Å². The van der Waals surface area contributed by atoms with Gasteiger partial charge in [0.05, 0.1) is 12.1 Å². The summed E-state index contributed by atoms with van der Waals surface area (Å²) in [5, 5.41) is 27.5. The Bertz CT molecular complexity index is 845. The average Bonchev–Trinajstić information content (AvgIpc) is 2.82. The maximum atomic E-state index is 13.8. The maximum Gasteiger partial charge on any atom is 0.240 e. The average molecular weight is 604 g/mol. The lowest BCUT2D eigenvalue weighted by Crippen LogP contribution is -2.65. The zero-order valence-electron chi connectivity index (χ0n) is 25.7. The molecule has 40 heavy (non-hydrogen) atoms. The number of hydrogen-bond donors (Lipinski definition) is 3. The lowest BCUT2D eigenvalue weighted by Gasteiger charge is -2.42. The predicted octanol–water partition coefficient (Wildman–Crippen LogP) is 2.82. The molecule has 2 unspecified atom stereocenters. The number of amides is 2. The quantitative estimate of drug-likeness (QED) is 0.284. The first kappa shape index (κ1) is 38.3. The summed E-state index contributed by atoms with van der Waals surface area (Å²) in [4.78, 5) is 31.9. The zero-order valence-corrected chi connectivity index (χ0v) is 27.3. The fourth-order valence-electron chi connectivity index (χ4n) is 5.21. The van der Waals surface area contributed by atoms with Crippen LogP contribution in [0.3, 0.4) is 0 Å². The second-order valence-electron chi connectivity index (χ2n) is 14.0. The number of likely N-dealkylation sites (tertiary alicyclic amines) is 2. The smallest absolute Gasteiger partial charge is 0.240 e. The van der Waals surface area contributed by atoms with Crippen LogP contribution >= 0.6 is 24.8 Å². The minimum atomic E-state index is -0.957. The summed E-state index contributed by atoms with van der Waals surface area (Å²) in [5.74, 6) is 6.05. The Morgan fingerprint density at radius 2 is 1.05 bits per heavy atom. The van der Waals surface area contributed by atoms with Crippen LogP contribution < -0.4 is 16.5 Å². The molecule has 10 nitrogen and oxygen atoms in total. The van der Waals surface area contributed by atoms with Crippen molar-refractivity contribution in [1.82, 2.24) is 25.4 Å². The van der Waals surface area contributed by atoms with E-state index in [9.17, 15) is 20.1 Å². The molecule has 0 spiro atoms. The number of carbonyl (C=O) groups is 2. The molecule has 2 rings (SSSR count). The normalized spacial score (nSPS) is 21.0. The largest absolute Gasteiger partial charge is 0.336 e. The molecule has 2 saturated heterocycles. The number of nitrogens with one attached hydrogen (secondary N) is 2. The molecule has 2 heterocycles. The number of rotatable bonds is 8. The maximum absolute atomic E-state index is 13.8. The molecular formula is C28H52Cl2N8O2. The monoisotopic (exact) mass is 602 g/mol. The van der Waals surface area contributed by atoms with Gasteiger partial charge in [-0.25, -0.2) is 5.01 Å². The van der Waals surface area contributed by atoms with Gasteiger partial charge in [-0.15, -0.1) is 24.8 Å². The van der Waals surface area contributed by atoms with Gasteiger partial charge < -0.3 is 20.4 Å². The van der Waals surface area contributed by atoms with Crippen molar-refractivity contribution in [2.45, 2.75) is 103 Å². The van der Waals surface area contributed by atoms with Crippen LogP contribution in [0.1, 0.15) is 80.1 Å². The summed E-state index contributed by atoms with van der Waals surface area (Å²) in [7, 11) is 4.00. The Balaban J connectivity index is 0.00000760. The molecule has 12 heteroatoms. The van der Waals surface area contributed by atoms with Crippen LogP contribution in [0.25, 0.3) is 0 Å². The first-order chi connectivity index (χ1) is 17.4. The molecule has 4 N–H and O–H groups in total. The number of halogens is 2. The molecular weight excluding hydrogens is 551 g/mol. The molecule has 2 amide bonds. The molecule has 0 aromatic rings. The first-order valence-corrected chi connectivity index (χ1v) is 13.8. The highest BCUT2D eigenvalue weighted by atomic mass is 35.5. The molecule has 2 fully saturated rings. The van der Waals surface area contributed by atoms with Crippen molar-refractivity contribution in [3.05, 3.63) is 0 Å². The summed E-state index contributed by atoms with van der Waals surface area (Å²) < 4.78 is 0. The van der Waals surface area contributed by atoms with Crippen molar-refractivity contribution in [1.29, 1.82) is 10.5 Å². The van der Waals surface area contributed by atoms with Crippen LogP contribution in [0, 0.1) is 33.5 Å². The summed E-state index contributed by atoms with van der Waals surface area (Å²) in [6.07, 6.45) is 2.93.